The molecule has 0 saturated carbocycles. The summed E-state index contributed by atoms with van der Waals surface area (Å²) in [5.74, 6) is -0.213. The predicted octanol–water partition coefficient (Wildman–Crippen LogP) is 1.26. The highest BCUT2D eigenvalue weighted by atomic mass is 16.7. The summed E-state index contributed by atoms with van der Waals surface area (Å²) in [6, 6.07) is 0. The van der Waals surface area contributed by atoms with Gasteiger partial charge < -0.3 is 0 Å². The number of amides is 1. The van der Waals surface area contributed by atoms with Gasteiger partial charge in [0, 0.05) is 6.42 Å². The van der Waals surface area contributed by atoms with Crippen LogP contribution in [0.1, 0.15) is 34.1 Å². The lowest BCUT2D eigenvalue weighted by molar-refractivity contribution is -0.147. The van der Waals surface area contributed by atoms with E-state index in [2.05, 4.69) is 5.48 Å². The molecular formula is C7H14NO2. The van der Waals surface area contributed by atoms with E-state index in [9.17, 15) is 4.79 Å². The van der Waals surface area contributed by atoms with Gasteiger partial charge in [-0.05, 0) is 20.8 Å². The average molecular weight is 144 g/mol. The fourth-order valence-corrected chi connectivity index (χ4v) is 0.252. The molecule has 0 aliphatic heterocycles. The number of carbonyl (C=O) groups is 1. The summed E-state index contributed by atoms with van der Waals surface area (Å²) < 4.78 is 0. The van der Waals surface area contributed by atoms with E-state index in [0.717, 1.165) is 0 Å². The van der Waals surface area contributed by atoms with Gasteiger partial charge >= 0.3 is 0 Å². The molecule has 3 nitrogen and oxygen atoms in total. The van der Waals surface area contributed by atoms with Crippen molar-refractivity contribution in [2.75, 3.05) is 0 Å². The number of hydroxylamine groups is 1. The van der Waals surface area contributed by atoms with Gasteiger partial charge in [0.15, 0.2) is 0 Å². The maximum absolute atomic E-state index is 10.6. The van der Waals surface area contributed by atoms with Crippen LogP contribution >= 0.6 is 0 Å². The van der Waals surface area contributed by atoms with Gasteiger partial charge in [0.2, 0.25) is 0 Å². The van der Waals surface area contributed by atoms with E-state index < -0.39 is 0 Å². The van der Waals surface area contributed by atoms with Crippen LogP contribution in [0.2, 0.25) is 0 Å². The van der Waals surface area contributed by atoms with Gasteiger partial charge in [-0.15, -0.1) is 0 Å². The quantitative estimate of drug-likeness (QED) is 0.547. The topological polar surface area (TPSA) is 40.4 Å². The molecule has 1 amide bonds. The van der Waals surface area contributed by atoms with Gasteiger partial charge in [-0.25, -0.2) is 4.84 Å². The zero-order chi connectivity index (χ0) is 8.20. The van der Waals surface area contributed by atoms with Crippen molar-refractivity contribution in [1.29, 1.82) is 0 Å². The zero-order valence-corrected chi connectivity index (χ0v) is 6.97. The Morgan fingerprint density at radius 3 is 2.30 bits per heavy atom. The molecule has 0 aromatic carbocycles. The van der Waals surface area contributed by atoms with Crippen LogP contribution < -0.4 is 5.48 Å². The number of hydrogen-bond acceptors (Lipinski definition) is 2. The molecule has 0 spiro atoms. The molecule has 0 aromatic heterocycles. The fourth-order valence-electron chi connectivity index (χ4n) is 0.252. The van der Waals surface area contributed by atoms with Crippen molar-refractivity contribution in [3.05, 3.63) is 0 Å². The maximum Gasteiger partial charge on any atom is 0.269 e. The molecule has 10 heavy (non-hydrogen) atoms. The summed E-state index contributed by atoms with van der Waals surface area (Å²) in [4.78, 5) is 15.4. The minimum absolute atomic E-state index is 0.213. The molecule has 0 aromatic rings. The Morgan fingerprint density at radius 1 is 1.50 bits per heavy atom. The van der Waals surface area contributed by atoms with Gasteiger partial charge in [-0.1, -0.05) is 12.4 Å². The lowest BCUT2D eigenvalue weighted by Gasteiger charge is -2.15. The van der Waals surface area contributed by atoms with Gasteiger partial charge in [0.1, 0.15) is 0 Å². The van der Waals surface area contributed by atoms with Crippen molar-refractivity contribution in [3.8, 4) is 0 Å². The van der Waals surface area contributed by atoms with Crippen molar-refractivity contribution in [2.45, 2.75) is 39.7 Å². The molecule has 0 aliphatic carbocycles. The molecule has 0 unspecified atom stereocenters. The van der Waals surface area contributed by atoms with Crippen LogP contribution in [0.15, 0.2) is 0 Å². The molecule has 1 radical (unpaired) electrons. The van der Waals surface area contributed by atoms with Crippen LogP contribution in [0.5, 0.6) is 0 Å². The lowest BCUT2D eigenvalue weighted by atomic mass is 10.2. The zero-order valence-electron chi connectivity index (χ0n) is 6.97. The third kappa shape index (κ3) is 5.56. The highest BCUT2D eigenvalue weighted by molar-refractivity contribution is 5.74. The van der Waals surface area contributed by atoms with E-state index in [4.69, 9.17) is 4.84 Å². The molecule has 0 N–H and O–H groups in total. The monoisotopic (exact) mass is 144 g/mol. The van der Waals surface area contributed by atoms with Crippen molar-refractivity contribution >= 4 is 5.91 Å². The van der Waals surface area contributed by atoms with Crippen LogP contribution in [-0.4, -0.2) is 11.5 Å². The summed E-state index contributed by atoms with van der Waals surface area (Å²) in [5.41, 5.74) is 3.02. The SMILES string of the molecule is CCC(=O)[N]OC(C)(C)C. The number of hydrogen-bond donors (Lipinski definition) is 0. The molecule has 0 saturated heterocycles. The van der Waals surface area contributed by atoms with Crippen molar-refractivity contribution in [2.24, 2.45) is 0 Å². The average Bonchev–Trinajstić information content (AvgIpc) is 1.81. The second-order valence-corrected chi connectivity index (χ2v) is 3.04. The first-order valence-corrected chi connectivity index (χ1v) is 3.38. The Balaban J connectivity index is 3.46. The number of carbonyl (C=O) groups excluding carboxylic acids is 1. The molecule has 0 bridgehead atoms. The third-order valence-corrected chi connectivity index (χ3v) is 0.724. The van der Waals surface area contributed by atoms with E-state index in [0.29, 0.717) is 6.42 Å². The Bertz CT molecular complexity index is 115. The first-order chi connectivity index (χ1) is 4.45. The fraction of sp³-hybridized carbons (Fsp3) is 0.857. The molecule has 59 valence electrons. The molecule has 3 heteroatoms. The summed E-state index contributed by atoms with van der Waals surface area (Å²) in [7, 11) is 0. The van der Waals surface area contributed by atoms with Crippen LogP contribution in [0.25, 0.3) is 0 Å². The first-order valence-electron chi connectivity index (χ1n) is 3.38. The third-order valence-electron chi connectivity index (χ3n) is 0.724. The van der Waals surface area contributed by atoms with E-state index in [1.54, 1.807) is 6.92 Å². The van der Waals surface area contributed by atoms with E-state index in [1.165, 1.54) is 0 Å². The van der Waals surface area contributed by atoms with Gasteiger partial charge in [0.25, 0.3) is 5.91 Å². The second-order valence-electron chi connectivity index (χ2n) is 3.04. The van der Waals surface area contributed by atoms with Gasteiger partial charge in [0.05, 0.1) is 5.60 Å². The smallest absolute Gasteiger partial charge is 0.269 e. The summed E-state index contributed by atoms with van der Waals surface area (Å²) in [6.45, 7) is 7.29. The minimum Gasteiger partial charge on any atom is -0.270 e. The minimum atomic E-state index is -0.356. The van der Waals surface area contributed by atoms with Crippen molar-refractivity contribution < 1.29 is 9.63 Å². The van der Waals surface area contributed by atoms with E-state index in [1.807, 2.05) is 20.8 Å². The van der Waals surface area contributed by atoms with Crippen LogP contribution in [0.3, 0.4) is 0 Å². The molecule has 0 aliphatic rings. The Kier molecular flexibility index (Phi) is 3.36. The van der Waals surface area contributed by atoms with Crippen molar-refractivity contribution in [1.82, 2.24) is 5.48 Å². The number of rotatable bonds is 2. The summed E-state index contributed by atoms with van der Waals surface area (Å²) in [5, 5.41) is 0. The summed E-state index contributed by atoms with van der Waals surface area (Å²) >= 11 is 0. The lowest BCUT2D eigenvalue weighted by Crippen LogP contribution is -2.27. The molecule has 0 heterocycles. The molecular weight excluding hydrogens is 130 g/mol. The number of nitrogens with zero attached hydrogens (tertiary/aromatic N) is 1. The predicted molar refractivity (Wildman–Crippen MR) is 38.3 cm³/mol. The normalized spacial score (nSPS) is 11.2. The first kappa shape index (κ1) is 9.43. The Morgan fingerprint density at radius 2 is 2.00 bits per heavy atom. The van der Waals surface area contributed by atoms with Gasteiger partial charge in [-0.2, -0.15) is 0 Å². The molecule has 0 atom stereocenters. The van der Waals surface area contributed by atoms with E-state index >= 15 is 0 Å². The van der Waals surface area contributed by atoms with Crippen molar-refractivity contribution in [3.63, 3.8) is 0 Å². The molecule has 0 rings (SSSR count). The largest absolute Gasteiger partial charge is 0.270 e. The van der Waals surface area contributed by atoms with Crippen LogP contribution in [-0.2, 0) is 9.63 Å². The van der Waals surface area contributed by atoms with E-state index in [-0.39, 0.29) is 11.5 Å². The highest BCUT2D eigenvalue weighted by Gasteiger charge is 2.13. The summed E-state index contributed by atoms with van der Waals surface area (Å²) in [6.07, 6.45) is 0.399. The second kappa shape index (κ2) is 3.56. The van der Waals surface area contributed by atoms with Crippen LogP contribution in [0, 0.1) is 0 Å². The molecule has 0 fully saturated rings. The van der Waals surface area contributed by atoms with Crippen LogP contribution in [0.4, 0.5) is 0 Å². The Hall–Kier alpha value is -0.570. The Labute approximate surface area is 61.7 Å². The van der Waals surface area contributed by atoms with Gasteiger partial charge in [-0.3, -0.25) is 4.79 Å². The highest BCUT2D eigenvalue weighted by Crippen LogP contribution is 2.04. The maximum atomic E-state index is 10.6. The standard InChI is InChI=1S/C7H14NO2/c1-5-6(9)8-10-7(2,3)4/h5H2,1-4H3.